The van der Waals surface area contributed by atoms with Crippen molar-refractivity contribution in [2.45, 2.75) is 57.1 Å². The van der Waals surface area contributed by atoms with E-state index in [1.165, 1.54) is 0 Å². The summed E-state index contributed by atoms with van der Waals surface area (Å²) in [7, 11) is 0. The number of rotatable bonds is 3. The Morgan fingerprint density at radius 3 is 2.59 bits per heavy atom. The molecule has 5 rings (SSSR count). The second kappa shape index (κ2) is 7.40. The Kier molecular flexibility index (Phi) is 4.73. The van der Waals surface area contributed by atoms with Crippen molar-refractivity contribution in [2.75, 3.05) is 24.5 Å². The summed E-state index contributed by atoms with van der Waals surface area (Å²) in [4.78, 5) is 26.8. The van der Waals surface area contributed by atoms with Crippen molar-refractivity contribution in [1.82, 2.24) is 24.6 Å². The molecule has 8 nitrogen and oxygen atoms in total. The van der Waals surface area contributed by atoms with Crippen molar-refractivity contribution in [3.05, 3.63) is 30.9 Å². The van der Waals surface area contributed by atoms with Gasteiger partial charge in [0.1, 0.15) is 5.69 Å². The van der Waals surface area contributed by atoms with Crippen LogP contribution in [0.3, 0.4) is 0 Å². The van der Waals surface area contributed by atoms with Crippen LogP contribution >= 0.6 is 0 Å². The minimum absolute atomic E-state index is 0.190. The Hall–Kier alpha value is -2.48. The first-order valence-corrected chi connectivity index (χ1v) is 10.7. The lowest BCUT2D eigenvalue weighted by molar-refractivity contribution is -0.139. The summed E-state index contributed by atoms with van der Waals surface area (Å²) in [5.74, 6) is 0.990. The van der Waals surface area contributed by atoms with Crippen LogP contribution in [0.15, 0.2) is 30.9 Å². The smallest absolute Gasteiger partial charge is 0.230 e. The molecule has 154 valence electrons. The van der Waals surface area contributed by atoms with E-state index in [1.807, 2.05) is 12.3 Å². The molecule has 1 amide bonds. The van der Waals surface area contributed by atoms with Gasteiger partial charge in [-0.25, -0.2) is 14.6 Å². The number of carbonyl (C=O) groups is 1. The number of anilines is 1. The number of amides is 1. The lowest BCUT2D eigenvalue weighted by Gasteiger charge is -2.40. The first kappa shape index (κ1) is 18.5. The molecule has 29 heavy (non-hydrogen) atoms. The molecule has 2 aliphatic heterocycles. The van der Waals surface area contributed by atoms with E-state index in [9.17, 15) is 9.90 Å². The lowest BCUT2D eigenvalue weighted by atomic mass is 9.78. The van der Waals surface area contributed by atoms with Gasteiger partial charge in [-0.3, -0.25) is 4.79 Å². The number of hydrogen-bond donors (Lipinski definition) is 1. The molecule has 0 bridgehead atoms. The highest BCUT2D eigenvalue weighted by molar-refractivity contribution is 5.86. The summed E-state index contributed by atoms with van der Waals surface area (Å²) in [6.45, 7) is 2.41. The average Bonchev–Trinajstić information content (AvgIpc) is 3.39. The van der Waals surface area contributed by atoms with Crippen molar-refractivity contribution in [2.24, 2.45) is 5.41 Å². The molecule has 1 N–H and O–H groups in total. The molecular weight excluding hydrogens is 368 g/mol. The Balaban J connectivity index is 1.29. The van der Waals surface area contributed by atoms with Crippen LogP contribution in [0.5, 0.6) is 0 Å². The Morgan fingerprint density at radius 1 is 1.07 bits per heavy atom. The van der Waals surface area contributed by atoms with E-state index in [0.717, 1.165) is 63.7 Å². The van der Waals surface area contributed by atoms with Gasteiger partial charge in [-0.05, 0) is 51.0 Å². The predicted molar refractivity (Wildman–Crippen MR) is 108 cm³/mol. The second-order valence-corrected chi connectivity index (χ2v) is 8.71. The molecule has 1 aliphatic carbocycles. The minimum Gasteiger partial charge on any atom is -0.393 e. The van der Waals surface area contributed by atoms with E-state index in [0.29, 0.717) is 24.4 Å². The highest BCUT2D eigenvalue weighted by Gasteiger charge is 2.50. The van der Waals surface area contributed by atoms with Crippen LogP contribution in [0, 0.1) is 5.41 Å². The summed E-state index contributed by atoms with van der Waals surface area (Å²) < 4.78 is 1.74. The third-order valence-corrected chi connectivity index (χ3v) is 6.91. The zero-order valence-electron chi connectivity index (χ0n) is 16.7. The van der Waals surface area contributed by atoms with Gasteiger partial charge >= 0.3 is 0 Å². The molecule has 2 saturated heterocycles. The normalized spacial score (nSPS) is 30.3. The number of piperidine rings is 1. The quantitative estimate of drug-likeness (QED) is 0.851. The third kappa shape index (κ3) is 3.39. The number of aliphatic hydroxyl groups excluding tert-OH is 1. The predicted octanol–water partition coefficient (Wildman–Crippen LogP) is 1.78. The molecule has 1 spiro atoms. The fourth-order valence-electron chi connectivity index (χ4n) is 5.26. The number of aliphatic hydroxyl groups is 1. The maximum Gasteiger partial charge on any atom is 0.230 e. The number of likely N-dealkylation sites (tertiary alicyclic amines) is 1. The van der Waals surface area contributed by atoms with Crippen LogP contribution < -0.4 is 4.90 Å². The van der Waals surface area contributed by atoms with Gasteiger partial charge in [-0.15, -0.1) is 0 Å². The van der Waals surface area contributed by atoms with Gasteiger partial charge in [0, 0.05) is 38.1 Å². The summed E-state index contributed by atoms with van der Waals surface area (Å²) in [6.07, 6.45) is 13.3. The molecule has 1 saturated carbocycles. The number of aromatic nitrogens is 4. The Bertz CT molecular complexity index is 847. The SMILES string of the molecule is O=C1N([C@H]2CC[C@@H](O)CC2)CC[C@@]12CCCN(c1ncc(-n3cccn3)cn1)C2. The van der Waals surface area contributed by atoms with Gasteiger partial charge in [0.2, 0.25) is 11.9 Å². The molecule has 8 heteroatoms. The van der Waals surface area contributed by atoms with E-state index in [4.69, 9.17) is 0 Å². The van der Waals surface area contributed by atoms with Gasteiger partial charge in [0.15, 0.2) is 0 Å². The monoisotopic (exact) mass is 396 g/mol. The van der Waals surface area contributed by atoms with E-state index in [-0.39, 0.29) is 11.5 Å². The zero-order valence-corrected chi connectivity index (χ0v) is 16.7. The van der Waals surface area contributed by atoms with Crippen molar-refractivity contribution in [3.63, 3.8) is 0 Å². The summed E-state index contributed by atoms with van der Waals surface area (Å²) in [5.41, 5.74) is 0.520. The van der Waals surface area contributed by atoms with Gasteiger partial charge in [0.05, 0.1) is 23.9 Å². The van der Waals surface area contributed by atoms with E-state index in [2.05, 4.69) is 24.9 Å². The molecule has 2 aromatic rings. The Morgan fingerprint density at radius 2 is 1.86 bits per heavy atom. The standard InChI is InChI=1S/C21H28N6O2/c28-18-5-3-16(4-6-18)26-12-8-21(19(26)29)7-1-10-25(15-21)20-22-13-17(14-23-20)27-11-2-9-24-27/h2,9,11,13-14,16,18,28H,1,3-8,10,12,15H2/t16-,18+,21-/m1/s1. The van der Waals surface area contributed by atoms with Gasteiger partial charge < -0.3 is 14.9 Å². The molecule has 4 heterocycles. The van der Waals surface area contributed by atoms with Crippen LogP contribution in [-0.4, -0.2) is 67.4 Å². The average molecular weight is 396 g/mol. The number of nitrogens with zero attached hydrogens (tertiary/aromatic N) is 6. The molecule has 3 aliphatic rings. The molecule has 0 radical (unpaired) electrons. The third-order valence-electron chi connectivity index (χ3n) is 6.91. The molecule has 3 fully saturated rings. The molecule has 0 aromatic carbocycles. The van der Waals surface area contributed by atoms with E-state index >= 15 is 0 Å². The van der Waals surface area contributed by atoms with Crippen LogP contribution in [-0.2, 0) is 4.79 Å². The second-order valence-electron chi connectivity index (χ2n) is 8.71. The van der Waals surface area contributed by atoms with Crippen molar-refractivity contribution >= 4 is 11.9 Å². The highest BCUT2D eigenvalue weighted by Crippen LogP contribution is 2.43. The van der Waals surface area contributed by atoms with E-state index < -0.39 is 0 Å². The highest BCUT2D eigenvalue weighted by atomic mass is 16.3. The lowest BCUT2D eigenvalue weighted by Crippen LogP contribution is -2.50. The summed E-state index contributed by atoms with van der Waals surface area (Å²) in [6, 6.07) is 2.16. The number of carbonyl (C=O) groups excluding carboxylic acids is 1. The first-order chi connectivity index (χ1) is 14.1. The number of hydrogen-bond acceptors (Lipinski definition) is 6. The first-order valence-electron chi connectivity index (χ1n) is 10.7. The maximum atomic E-state index is 13.4. The van der Waals surface area contributed by atoms with Crippen LogP contribution in [0.4, 0.5) is 5.95 Å². The minimum atomic E-state index is -0.307. The fraction of sp³-hybridized carbons (Fsp3) is 0.619. The molecule has 0 unspecified atom stereocenters. The van der Waals surface area contributed by atoms with Crippen LogP contribution in [0.2, 0.25) is 0 Å². The summed E-state index contributed by atoms with van der Waals surface area (Å²) in [5, 5.41) is 14.0. The van der Waals surface area contributed by atoms with Gasteiger partial charge in [0.25, 0.3) is 0 Å². The molecular formula is C21H28N6O2. The van der Waals surface area contributed by atoms with Crippen LogP contribution in [0.25, 0.3) is 5.69 Å². The maximum absolute atomic E-state index is 13.4. The zero-order chi connectivity index (χ0) is 19.8. The fourth-order valence-corrected chi connectivity index (χ4v) is 5.26. The van der Waals surface area contributed by atoms with E-state index in [1.54, 1.807) is 23.3 Å². The van der Waals surface area contributed by atoms with Crippen molar-refractivity contribution in [1.29, 1.82) is 0 Å². The van der Waals surface area contributed by atoms with Crippen molar-refractivity contribution < 1.29 is 9.90 Å². The van der Waals surface area contributed by atoms with Crippen molar-refractivity contribution in [3.8, 4) is 5.69 Å². The Labute approximate surface area is 170 Å². The largest absolute Gasteiger partial charge is 0.393 e. The summed E-state index contributed by atoms with van der Waals surface area (Å²) >= 11 is 0. The van der Waals surface area contributed by atoms with Gasteiger partial charge in [-0.2, -0.15) is 5.10 Å². The molecule has 1 atom stereocenters. The molecule has 2 aromatic heterocycles. The van der Waals surface area contributed by atoms with Crippen LogP contribution in [0.1, 0.15) is 44.9 Å². The van der Waals surface area contributed by atoms with Gasteiger partial charge in [-0.1, -0.05) is 0 Å². The topological polar surface area (TPSA) is 87.4 Å².